The molecule has 74 valence electrons. The average Bonchev–Trinajstić information content (AvgIpc) is 2.47. The van der Waals surface area contributed by atoms with Gasteiger partial charge in [-0.1, -0.05) is 11.2 Å². The summed E-state index contributed by atoms with van der Waals surface area (Å²) in [6.45, 7) is 0.797. The molecule has 5 heteroatoms. The molecular formula is C9H6BrF2NO. The Labute approximate surface area is 87.0 Å². The first kappa shape index (κ1) is 9.58. The van der Waals surface area contributed by atoms with Crippen molar-refractivity contribution in [3.8, 4) is 0 Å². The van der Waals surface area contributed by atoms with Crippen molar-refractivity contribution in [2.24, 2.45) is 0 Å². The standard InChI is InChI=1S/C9H6BrF2NO/c1-9(11,12)8-5-3-2-4-6(10)7(5)14-13-8/h2-4H,1H3. The van der Waals surface area contributed by atoms with E-state index in [1.54, 1.807) is 18.2 Å². The molecule has 0 N–H and O–H groups in total. The van der Waals surface area contributed by atoms with Gasteiger partial charge in [-0.15, -0.1) is 0 Å². The summed E-state index contributed by atoms with van der Waals surface area (Å²) in [5.74, 6) is -2.98. The van der Waals surface area contributed by atoms with Crippen molar-refractivity contribution >= 4 is 26.9 Å². The number of alkyl halides is 2. The molecule has 0 atom stereocenters. The van der Waals surface area contributed by atoms with Gasteiger partial charge in [-0.2, -0.15) is 8.78 Å². The quantitative estimate of drug-likeness (QED) is 0.783. The first-order valence-corrected chi connectivity index (χ1v) is 4.71. The summed E-state index contributed by atoms with van der Waals surface area (Å²) in [4.78, 5) is 0. The molecule has 0 amide bonds. The van der Waals surface area contributed by atoms with Gasteiger partial charge in [0.05, 0.1) is 9.86 Å². The highest BCUT2D eigenvalue weighted by atomic mass is 79.9. The molecule has 0 saturated heterocycles. The van der Waals surface area contributed by atoms with Gasteiger partial charge in [0, 0.05) is 6.92 Å². The minimum atomic E-state index is -2.98. The monoisotopic (exact) mass is 261 g/mol. The molecule has 0 saturated carbocycles. The van der Waals surface area contributed by atoms with Gasteiger partial charge in [0.2, 0.25) is 0 Å². The van der Waals surface area contributed by atoms with Crippen molar-refractivity contribution in [1.29, 1.82) is 0 Å². The molecular weight excluding hydrogens is 256 g/mol. The van der Waals surface area contributed by atoms with Crippen LogP contribution in [0, 0.1) is 0 Å². The molecule has 1 aromatic heterocycles. The van der Waals surface area contributed by atoms with E-state index in [9.17, 15) is 8.78 Å². The van der Waals surface area contributed by atoms with Crippen LogP contribution in [-0.2, 0) is 5.92 Å². The number of halogens is 3. The van der Waals surface area contributed by atoms with E-state index >= 15 is 0 Å². The van der Waals surface area contributed by atoms with Crippen LogP contribution in [0.25, 0.3) is 11.0 Å². The maximum atomic E-state index is 13.0. The number of benzene rings is 1. The van der Waals surface area contributed by atoms with Gasteiger partial charge in [-0.25, -0.2) is 0 Å². The van der Waals surface area contributed by atoms with Crippen molar-refractivity contribution in [1.82, 2.24) is 5.16 Å². The van der Waals surface area contributed by atoms with Gasteiger partial charge in [0.25, 0.3) is 5.92 Å². The van der Waals surface area contributed by atoms with E-state index in [4.69, 9.17) is 4.52 Å². The van der Waals surface area contributed by atoms with Crippen LogP contribution in [0.1, 0.15) is 12.6 Å². The van der Waals surface area contributed by atoms with E-state index in [1.807, 2.05) is 0 Å². The summed E-state index contributed by atoms with van der Waals surface area (Å²) in [6.07, 6.45) is 0. The SMILES string of the molecule is CC(F)(F)c1noc2c(Br)cccc12. The summed E-state index contributed by atoms with van der Waals surface area (Å²) in [6, 6.07) is 4.94. The summed E-state index contributed by atoms with van der Waals surface area (Å²) in [5.41, 5.74) is 0.0258. The third-order valence-electron chi connectivity index (χ3n) is 1.87. The average molecular weight is 262 g/mol. The Morgan fingerprint density at radius 1 is 1.43 bits per heavy atom. The number of fused-ring (bicyclic) bond motifs is 1. The van der Waals surface area contributed by atoms with Crippen molar-refractivity contribution in [3.05, 3.63) is 28.4 Å². The van der Waals surface area contributed by atoms with Crippen LogP contribution >= 0.6 is 15.9 Å². The second kappa shape index (κ2) is 3.02. The number of rotatable bonds is 1. The highest BCUT2D eigenvalue weighted by Crippen LogP contribution is 2.34. The van der Waals surface area contributed by atoms with E-state index in [0.29, 0.717) is 15.4 Å². The number of aromatic nitrogens is 1. The third-order valence-corrected chi connectivity index (χ3v) is 2.49. The fourth-order valence-corrected chi connectivity index (χ4v) is 1.68. The minimum Gasteiger partial charge on any atom is -0.355 e. The van der Waals surface area contributed by atoms with Gasteiger partial charge in [-0.05, 0) is 28.1 Å². The lowest BCUT2D eigenvalue weighted by molar-refractivity contribution is 0.0112. The predicted octanol–water partition coefficient (Wildman–Crippen LogP) is 3.70. The highest BCUT2D eigenvalue weighted by molar-refractivity contribution is 9.10. The molecule has 1 aromatic carbocycles. The fraction of sp³-hybridized carbons (Fsp3) is 0.222. The molecule has 0 spiro atoms. The Hall–Kier alpha value is -0.970. The van der Waals surface area contributed by atoms with Crippen LogP contribution in [0.3, 0.4) is 0 Å². The van der Waals surface area contributed by atoms with Gasteiger partial charge in [0.1, 0.15) is 0 Å². The first-order valence-electron chi connectivity index (χ1n) is 3.92. The number of hydrogen-bond acceptors (Lipinski definition) is 2. The molecule has 0 bridgehead atoms. The molecule has 0 aliphatic rings. The Morgan fingerprint density at radius 3 is 2.79 bits per heavy atom. The Morgan fingerprint density at radius 2 is 2.14 bits per heavy atom. The molecule has 14 heavy (non-hydrogen) atoms. The molecule has 0 aliphatic heterocycles. The lowest BCUT2D eigenvalue weighted by atomic mass is 10.1. The van der Waals surface area contributed by atoms with Crippen LogP contribution in [0.4, 0.5) is 8.78 Å². The normalized spacial score (nSPS) is 12.3. The topological polar surface area (TPSA) is 26.0 Å². The maximum absolute atomic E-state index is 13.0. The summed E-state index contributed by atoms with van der Waals surface area (Å²) in [7, 11) is 0. The van der Waals surface area contributed by atoms with E-state index in [1.165, 1.54) is 0 Å². The zero-order chi connectivity index (χ0) is 10.3. The van der Waals surface area contributed by atoms with Crippen LogP contribution in [-0.4, -0.2) is 5.16 Å². The maximum Gasteiger partial charge on any atom is 0.290 e. The van der Waals surface area contributed by atoms with Crippen LogP contribution in [0.2, 0.25) is 0 Å². The molecule has 1 heterocycles. The van der Waals surface area contributed by atoms with Crippen molar-refractivity contribution in [2.75, 3.05) is 0 Å². The third kappa shape index (κ3) is 1.41. The zero-order valence-corrected chi connectivity index (χ0v) is 8.81. The van der Waals surface area contributed by atoms with E-state index in [2.05, 4.69) is 21.1 Å². The Kier molecular flexibility index (Phi) is 2.06. The first-order chi connectivity index (χ1) is 6.50. The number of nitrogens with zero attached hydrogens (tertiary/aromatic N) is 1. The molecule has 2 aromatic rings. The van der Waals surface area contributed by atoms with Crippen molar-refractivity contribution < 1.29 is 13.3 Å². The highest BCUT2D eigenvalue weighted by Gasteiger charge is 2.31. The zero-order valence-electron chi connectivity index (χ0n) is 7.22. The van der Waals surface area contributed by atoms with Gasteiger partial charge < -0.3 is 4.52 Å². The molecule has 0 aliphatic carbocycles. The largest absolute Gasteiger partial charge is 0.355 e. The Balaban J connectivity index is 2.76. The van der Waals surface area contributed by atoms with Gasteiger partial charge >= 0.3 is 0 Å². The summed E-state index contributed by atoms with van der Waals surface area (Å²) >= 11 is 3.20. The van der Waals surface area contributed by atoms with E-state index < -0.39 is 5.92 Å². The van der Waals surface area contributed by atoms with Crippen molar-refractivity contribution in [3.63, 3.8) is 0 Å². The minimum absolute atomic E-state index is 0.325. The molecule has 2 rings (SSSR count). The van der Waals surface area contributed by atoms with Crippen molar-refractivity contribution in [2.45, 2.75) is 12.8 Å². The molecule has 0 radical (unpaired) electrons. The number of hydrogen-bond donors (Lipinski definition) is 0. The lowest BCUT2D eigenvalue weighted by Crippen LogP contribution is -2.07. The van der Waals surface area contributed by atoms with E-state index in [-0.39, 0.29) is 5.69 Å². The second-order valence-corrected chi connectivity index (χ2v) is 3.89. The van der Waals surface area contributed by atoms with E-state index in [0.717, 1.165) is 6.92 Å². The smallest absolute Gasteiger partial charge is 0.290 e. The summed E-state index contributed by atoms with van der Waals surface area (Å²) in [5, 5.41) is 3.71. The second-order valence-electron chi connectivity index (χ2n) is 3.04. The molecule has 2 nitrogen and oxygen atoms in total. The molecule has 0 unspecified atom stereocenters. The fourth-order valence-electron chi connectivity index (χ4n) is 1.25. The van der Waals surface area contributed by atoms with Crippen LogP contribution in [0.15, 0.2) is 27.2 Å². The van der Waals surface area contributed by atoms with Crippen LogP contribution in [0.5, 0.6) is 0 Å². The molecule has 0 fully saturated rings. The summed E-state index contributed by atoms with van der Waals surface area (Å²) < 4.78 is 31.5. The predicted molar refractivity (Wildman–Crippen MR) is 51.3 cm³/mol. The van der Waals surface area contributed by atoms with Gasteiger partial charge in [-0.3, -0.25) is 0 Å². The number of para-hydroxylation sites is 1. The van der Waals surface area contributed by atoms with Crippen LogP contribution < -0.4 is 0 Å². The lowest BCUT2D eigenvalue weighted by Gasteiger charge is -2.04. The van der Waals surface area contributed by atoms with Gasteiger partial charge in [0.15, 0.2) is 11.3 Å². The Bertz CT molecular complexity index is 475.